The van der Waals surface area contributed by atoms with Crippen LogP contribution in [0.15, 0.2) is 60.7 Å². The second-order valence-corrected chi connectivity index (χ2v) is 11.2. The van der Waals surface area contributed by atoms with E-state index in [1.807, 2.05) is 48.5 Å². The van der Waals surface area contributed by atoms with Gasteiger partial charge < -0.3 is 35.6 Å². The average molecular weight is 652 g/mol. The Morgan fingerprint density at radius 1 is 0.830 bits per heavy atom. The molecule has 0 bridgehead atoms. The van der Waals surface area contributed by atoms with Crippen molar-refractivity contribution in [2.75, 3.05) is 13.2 Å². The molecule has 13 heteroatoms. The molecule has 0 aliphatic heterocycles. The van der Waals surface area contributed by atoms with Crippen LogP contribution < -0.4 is 16.0 Å². The average Bonchev–Trinajstić information content (AvgIpc) is 3.36. The monoisotopic (exact) mass is 651 g/mol. The zero-order valence-corrected chi connectivity index (χ0v) is 26.6. The summed E-state index contributed by atoms with van der Waals surface area (Å²) >= 11 is 0. The number of hydrogen-bond acceptors (Lipinski definition) is 8. The number of fused-ring (bicyclic) bond motifs is 3. The Morgan fingerprint density at radius 3 is 2.00 bits per heavy atom. The quantitative estimate of drug-likeness (QED) is 0.125. The number of carbonyl (C=O) groups excluding carboxylic acids is 4. The molecule has 0 aromatic heterocycles. The van der Waals surface area contributed by atoms with Crippen molar-refractivity contribution < 1.29 is 48.5 Å². The summed E-state index contributed by atoms with van der Waals surface area (Å²) in [7, 11) is 0. The van der Waals surface area contributed by atoms with Crippen molar-refractivity contribution in [1.82, 2.24) is 16.0 Å². The maximum Gasteiger partial charge on any atom is 0.407 e. The van der Waals surface area contributed by atoms with Gasteiger partial charge in [-0.25, -0.2) is 9.59 Å². The summed E-state index contributed by atoms with van der Waals surface area (Å²) in [5.41, 5.74) is 4.05. The third-order valence-electron chi connectivity index (χ3n) is 7.87. The number of hydrogen-bond donors (Lipinski definition) is 5. The van der Waals surface area contributed by atoms with Crippen LogP contribution in [0.4, 0.5) is 4.79 Å². The van der Waals surface area contributed by atoms with E-state index < -0.39 is 72.7 Å². The first-order valence-electron chi connectivity index (χ1n) is 15.5. The van der Waals surface area contributed by atoms with Gasteiger partial charge in [0, 0.05) is 18.4 Å². The van der Waals surface area contributed by atoms with Gasteiger partial charge in [0.25, 0.3) is 0 Å². The van der Waals surface area contributed by atoms with Crippen molar-refractivity contribution in [3.05, 3.63) is 71.8 Å². The van der Waals surface area contributed by atoms with Gasteiger partial charge in [-0.05, 0) is 41.5 Å². The first-order chi connectivity index (χ1) is 22.4. The summed E-state index contributed by atoms with van der Waals surface area (Å²) in [6, 6.07) is 11.9. The van der Waals surface area contributed by atoms with Crippen LogP contribution in [0.3, 0.4) is 0 Å². The van der Waals surface area contributed by atoms with Crippen LogP contribution in [0, 0.1) is 5.92 Å². The van der Waals surface area contributed by atoms with Gasteiger partial charge in [0.15, 0.2) is 0 Å². The molecule has 252 valence electrons. The van der Waals surface area contributed by atoms with E-state index in [0.29, 0.717) is 6.42 Å². The fourth-order valence-corrected chi connectivity index (χ4v) is 5.29. The molecular weight excluding hydrogens is 610 g/mol. The predicted molar refractivity (Wildman–Crippen MR) is 170 cm³/mol. The molecule has 4 atom stereocenters. The minimum atomic E-state index is -1.36. The van der Waals surface area contributed by atoms with Gasteiger partial charge in [0.05, 0.1) is 19.1 Å². The Hall–Kier alpha value is -5.20. The van der Waals surface area contributed by atoms with Crippen LogP contribution in [0.25, 0.3) is 11.1 Å². The van der Waals surface area contributed by atoms with Crippen LogP contribution >= 0.6 is 0 Å². The lowest BCUT2D eigenvalue weighted by molar-refractivity contribution is -0.139. The zero-order valence-electron chi connectivity index (χ0n) is 26.6. The minimum Gasteiger partial charge on any atom is -0.481 e. The highest BCUT2D eigenvalue weighted by Crippen LogP contribution is 2.44. The lowest BCUT2D eigenvalue weighted by Crippen LogP contribution is -2.57. The van der Waals surface area contributed by atoms with E-state index in [-0.39, 0.29) is 25.6 Å². The maximum atomic E-state index is 13.4. The predicted octanol–water partition coefficient (Wildman–Crippen LogP) is 3.37. The standard InChI is InChI=1S/C34H41N3O10/c1-4-20(3)31(33(44)35-21(18-29(40)41)14-17-30(42)46-5-2)37-32(43)27(15-16-28(38)39)36-34(45)47-19-26-24-12-8-6-10-22(24)23-11-7-9-13-25(23)26/h6-14,17,20-21,26-27,31H,4-5,15-16,18-19H2,1-3H3,(H,35,44)(H,36,45)(H,37,43)(H,38,39)(H,40,41)/b17-14+/t20?,21-,27+,31?/m1/s1. The molecule has 3 rings (SSSR count). The summed E-state index contributed by atoms with van der Waals surface area (Å²) in [5.74, 6) is -5.40. The molecule has 1 aliphatic rings. The number of ether oxygens (including phenoxy) is 2. The Morgan fingerprint density at radius 2 is 1.45 bits per heavy atom. The van der Waals surface area contributed by atoms with Gasteiger partial charge in [-0.3, -0.25) is 19.2 Å². The Bertz CT molecular complexity index is 1440. The molecule has 0 radical (unpaired) electrons. The number of aliphatic carboxylic acids is 2. The molecule has 2 unspecified atom stereocenters. The van der Waals surface area contributed by atoms with Gasteiger partial charge in [-0.15, -0.1) is 0 Å². The van der Waals surface area contributed by atoms with Crippen LogP contribution in [0.5, 0.6) is 0 Å². The SMILES string of the molecule is CCOC(=O)/C=C/[C@H](CC(=O)O)NC(=O)C(NC(=O)[C@H](CCC(=O)O)NC(=O)OCC1c2ccccc2-c2ccccc21)C(C)CC. The van der Waals surface area contributed by atoms with E-state index in [0.717, 1.165) is 28.3 Å². The molecule has 0 saturated carbocycles. The van der Waals surface area contributed by atoms with Gasteiger partial charge >= 0.3 is 24.0 Å². The second kappa shape index (κ2) is 17.5. The van der Waals surface area contributed by atoms with Gasteiger partial charge in [-0.2, -0.15) is 0 Å². The Balaban J connectivity index is 1.72. The number of benzene rings is 2. The highest BCUT2D eigenvalue weighted by atomic mass is 16.5. The van der Waals surface area contributed by atoms with Crippen molar-refractivity contribution in [2.45, 2.75) is 70.5 Å². The van der Waals surface area contributed by atoms with E-state index >= 15 is 0 Å². The van der Waals surface area contributed by atoms with Crippen molar-refractivity contribution >= 4 is 35.8 Å². The fourth-order valence-electron chi connectivity index (χ4n) is 5.29. The van der Waals surface area contributed by atoms with E-state index in [1.54, 1.807) is 20.8 Å². The number of nitrogens with one attached hydrogen (secondary N) is 3. The number of rotatable bonds is 17. The molecule has 2 aromatic carbocycles. The molecule has 5 N–H and O–H groups in total. The third kappa shape index (κ3) is 10.4. The smallest absolute Gasteiger partial charge is 0.407 e. The number of carbonyl (C=O) groups is 6. The molecule has 0 saturated heterocycles. The summed E-state index contributed by atoms with van der Waals surface area (Å²) in [6.45, 7) is 5.15. The van der Waals surface area contributed by atoms with E-state index in [1.165, 1.54) is 6.08 Å². The number of esters is 1. The zero-order chi connectivity index (χ0) is 34.5. The summed E-state index contributed by atoms with van der Waals surface area (Å²) in [6.07, 6.45) is 0.397. The van der Waals surface area contributed by atoms with E-state index in [2.05, 4.69) is 16.0 Å². The second-order valence-electron chi connectivity index (χ2n) is 11.2. The number of carboxylic acids is 2. The molecule has 47 heavy (non-hydrogen) atoms. The van der Waals surface area contributed by atoms with Crippen molar-refractivity contribution in [3.63, 3.8) is 0 Å². The molecule has 13 nitrogen and oxygen atoms in total. The molecule has 2 aromatic rings. The van der Waals surface area contributed by atoms with Crippen LogP contribution in [-0.2, 0) is 33.4 Å². The molecule has 0 heterocycles. The lowest BCUT2D eigenvalue weighted by atomic mass is 9.97. The molecular formula is C34H41N3O10. The largest absolute Gasteiger partial charge is 0.481 e. The fraction of sp³-hybridized carbons (Fsp3) is 0.412. The molecule has 0 fully saturated rings. The van der Waals surface area contributed by atoms with Crippen LogP contribution in [-0.4, -0.2) is 77.4 Å². The summed E-state index contributed by atoms with van der Waals surface area (Å²) < 4.78 is 10.3. The van der Waals surface area contributed by atoms with Gasteiger partial charge in [0.2, 0.25) is 11.8 Å². The molecule has 0 spiro atoms. The highest BCUT2D eigenvalue weighted by Gasteiger charge is 2.33. The van der Waals surface area contributed by atoms with Crippen LogP contribution in [0.1, 0.15) is 63.5 Å². The van der Waals surface area contributed by atoms with Crippen molar-refractivity contribution in [3.8, 4) is 11.1 Å². The van der Waals surface area contributed by atoms with Crippen molar-refractivity contribution in [2.24, 2.45) is 5.92 Å². The van der Waals surface area contributed by atoms with Gasteiger partial charge in [0.1, 0.15) is 18.7 Å². The number of amides is 3. The Kier molecular flexibility index (Phi) is 13.5. The minimum absolute atomic E-state index is 0.0324. The first kappa shape index (κ1) is 36.3. The first-order valence-corrected chi connectivity index (χ1v) is 15.5. The van der Waals surface area contributed by atoms with Gasteiger partial charge in [-0.1, -0.05) is 74.9 Å². The Labute approximate surface area is 272 Å². The lowest BCUT2D eigenvalue weighted by Gasteiger charge is -2.27. The third-order valence-corrected chi connectivity index (χ3v) is 7.87. The summed E-state index contributed by atoms with van der Waals surface area (Å²) in [4.78, 5) is 74.3. The summed E-state index contributed by atoms with van der Waals surface area (Å²) in [5, 5.41) is 26.1. The highest BCUT2D eigenvalue weighted by molar-refractivity contribution is 5.92. The van der Waals surface area contributed by atoms with Crippen molar-refractivity contribution in [1.29, 1.82) is 0 Å². The number of alkyl carbamates (subject to hydrolysis) is 1. The normalized spacial score (nSPS) is 14.5. The van der Waals surface area contributed by atoms with Crippen LogP contribution in [0.2, 0.25) is 0 Å². The van der Waals surface area contributed by atoms with E-state index in [4.69, 9.17) is 9.47 Å². The number of carboxylic acid groups (broad SMARTS) is 2. The molecule has 3 amide bonds. The topological polar surface area (TPSA) is 197 Å². The van der Waals surface area contributed by atoms with E-state index in [9.17, 15) is 39.0 Å². The molecule has 1 aliphatic carbocycles. The maximum absolute atomic E-state index is 13.4.